The van der Waals surface area contributed by atoms with Crippen LogP contribution in [0, 0.1) is 5.92 Å². The molecule has 1 amide bonds. The molecule has 0 aromatic heterocycles. The lowest BCUT2D eigenvalue weighted by Crippen LogP contribution is -2.35. The van der Waals surface area contributed by atoms with Gasteiger partial charge in [-0.1, -0.05) is 75.1 Å². The van der Waals surface area contributed by atoms with Gasteiger partial charge in [0.25, 0.3) is 5.91 Å². The predicted octanol–water partition coefficient (Wildman–Crippen LogP) is 8.73. The average molecular weight is 722 g/mol. The first kappa shape index (κ1) is 39.2. The van der Waals surface area contributed by atoms with Crippen LogP contribution in [0.4, 0.5) is 0 Å². The highest BCUT2D eigenvalue weighted by molar-refractivity contribution is 5.96. The number of ketones is 1. The van der Waals surface area contributed by atoms with E-state index in [4.69, 9.17) is 14.2 Å². The van der Waals surface area contributed by atoms with E-state index < -0.39 is 24.4 Å². The average Bonchev–Trinajstić information content (AvgIpc) is 4.02. The number of carboxylic acids is 1. The second kappa shape index (κ2) is 19.7. The number of esters is 1. The number of hydrogen-bond donors (Lipinski definition) is 1. The van der Waals surface area contributed by atoms with Crippen LogP contribution in [0.5, 0.6) is 11.5 Å². The van der Waals surface area contributed by atoms with E-state index in [0.29, 0.717) is 53.6 Å². The summed E-state index contributed by atoms with van der Waals surface area (Å²) >= 11 is 0. The Kier molecular flexibility index (Phi) is 14.6. The lowest BCUT2D eigenvalue weighted by Gasteiger charge is -2.22. The Morgan fingerprint density at radius 1 is 0.849 bits per heavy atom. The number of unbranched alkanes of at least 4 members (excludes halogenated alkanes) is 4. The highest BCUT2D eigenvalue weighted by Crippen LogP contribution is 2.45. The molecule has 0 spiro atoms. The summed E-state index contributed by atoms with van der Waals surface area (Å²) in [7, 11) is 1.68. The van der Waals surface area contributed by atoms with E-state index in [-0.39, 0.29) is 24.3 Å². The van der Waals surface area contributed by atoms with Crippen LogP contribution >= 0.6 is 0 Å². The number of carbonyl (C=O) groups excluding carboxylic acids is 3. The van der Waals surface area contributed by atoms with Crippen molar-refractivity contribution < 1.29 is 38.5 Å². The Labute approximate surface area is 312 Å². The molecular formula is C44H51NO8. The molecule has 0 bridgehead atoms. The van der Waals surface area contributed by atoms with Crippen molar-refractivity contribution >= 4 is 23.6 Å². The van der Waals surface area contributed by atoms with Gasteiger partial charge in [-0.05, 0) is 103 Å². The number of methoxy groups -OCH3 is 1. The van der Waals surface area contributed by atoms with E-state index in [1.807, 2.05) is 24.3 Å². The van der Waals surface area contributed by atoms with Crippen LogP contribution in [0.25, 0.3) is 0 Å². The van der Waals surface area contributed by atoms with Crippen molar-refractivity contribution in [1.82, 2.24) is 4.90 Å². The van der Waals surface area contributed by atoms with Gasteiger partial charge in [-0.3, -0.25) is 14.4 Å². The number of nitrogens with zero attached hydrogens (tertiary/aromatic N) is 1. The molecule has 9 heteroatoms. The van der Waals surface area contributed by atoms with Crippen molar-refractivity contribution in [3.63, 3.8) is 0 Å². The molecule has 3 aromatic rings. The van der Waals surface area contributed by atoms with Crippen LogP contribution < -0.4 is 9.47 Å². The van der Waals surface area contributed by atoms with Gasteiger partial charge in [0, 0.05) is 32.1 Å². The number of ether oxygens (including phenoxy) is 3. The molecule has 2 aliphatic carbocycles. The van der Waals surface area contributed by atoms with Crippen LogP contribution in [-0.2, 0) is 20.9 Å². The van der Waals surface area contributed by atoms with E-state index in [1.165, 1.54) is 24.2 Å². The van der Waals surface area contributed by atoms with Gasteiger partial charge in [0.15, 0.2) is 0 Å². The topological polar surface area (TPSA) is 119 Å². The van der Waals surface area contributed by atoms with Crippen LogP contribution in [0.15, 0.2) is 96.6 Å². The first-order valence-electron chi connectivity index (χ1n) is 18.8. The lowest BCUT2D eigenvalue weighted by molar-refractivity contribution is -0.137. The molecule has 2 atom stereocenters. The van der Waals surface area contributed by atoms with Crippen molar-refractivity contribution in [3.8, 4) is 11.5 Å². The molecule has 0 saturated heterocycles. The van der Waals surface area contributed by atoms with Crippen LogP contribution in [0.1, 0.15) is 109 Å². The number of aliphatic carboxylic acids is 1. The third kappa shape index (κ3) is 12.3. The number of Topliss-reactive ketones (excluding diaryl/α,β-unsaturated/α-hetero) is 1. The van der Waals surface area contributed by atoms with Crippen molar-refractivity contribution in [2.24, 2.45) is 5.92 Å². The second-order valence-electron chi connectivity index (χ2n) is 14.0. The van der Waals surface area contributed by atoms with Crippen molar-refractivity contribution in [2.45, 2.75) is 89.7 Å². The summed E-state index contributed by atoms with van der Waals surface area (Å²) in [5, 5.41) is 9.61. The van der Waals surface area contributed by atoms with Gasteiger partial charge in [0.2, 0.25) is 0 Å². The van der Waals surface area contributed by atoms with Gasteiger partial charge in [0.1, 0.15) is 23.8 Å². The maximum absolute atomic E-state index is 13.6. The zero-order chi connectivity index (χ0) is 37.6. The molecule has 0 aliphatic heterocycles. The standard InChI is InChI=1S/C44H51NO8/c1-3-4-5-6-7-26-52-39-24-18-36(19-25-39)44(50)53-40-22-10-32(11-23-40)29-45(30-42(47)48)43(49)35-16-14-34(15-17-35)41(33-12-13-33)28-37(46)27-31-8-20-38(51-2)21-9-31/h8-11,14-20,22-25,33,38,41H,3-7,12-13,21,26-30H2,1-2H3,(H,47,48)/t38?,41-/m1/s1. The molecule has 1 unspecified atom stereocenters. The van der Waals surface area contributed by atoms with Crippen molar-refractivity contribution in [1.29, 1.82) is 0 Å². The number of carboxylic acid groups (broad SMARTS) is 1. The molecule has 3 aromatic carbocycles. The normalized spacial score (nSPS) is 15.7. The maximum atomic E-state index is 13.6. The molecular weight excluding hydrogens is 670 g/mol. The molecule has 53 heavy (non-hydrogen) atoms. The van der Waals surface area contributed by atoms with Crippen LogP contribution in [0.2, 0.25) is 0 Å². The Morgan fingerprint density at radius 3 is 2.15 bits per heavy atom. The number of carbonyl (C=O) groups is 4. The zero-order valence-electron chi connectivity index (χ0n) is 30.8. The molecule has 1 saturated carbocycles. The lowest BCUT2D eigenvalue weighted by atomic mass is 9.87. The van der Waals surface area contributed by atoms with Gasteiger partial charge in [0.05, 0.1) is 18.3 Å². The molecule has 280 valence electrons. The quantitative estimate of drug-likeness (QED) is 0.0659. The number of rotatable bonds is 21. The molecule has 9 nitrogen and oxygen atoms in total. The van der Waals surface area contributed by atoms with Gasteiger partial charge >= 0.3 is 11.9 Å². The fourth-order valence-electron chi connectivity index (χ4n) is 6.60. The molecule has 1 fully saturated rings. The first-order chi connectivity index (χ1) is 25.7. The summed E-state index contributed by atoms with van der Waals surface area (Å²) in [5.41, 5.74) is 3.47. The SMILES string of the molecule is CCCCCCCOc1ccc(C(=O)Oc2ccc(CN(CC(=O)O)C(=O)c3ccc([C@H](CC(=O)CC4=CCC(OC)C=C4)C4CC4)cc3)cc2)cc1. The smallest absolute Gasteiger partial charge is 0.343 e. The minimum absolute atomic E-state index is 0.0514. The molecule has 2 aliphatic rings. The summed E-state index contributed by atoms with van der Waals surface area (Å²) in [6, 6.07) is 20.7. The monoisotopic (exact) mass is 721 g/mol. The summed E-state index contributed by atoms with van der Waals surface area (Å²) in [6.07, 6.45) is 15.6. The van der Waals surface area contributed by atoms with Gasteiger partial charge in [-0.25, -0.2) is 4.79 Å². The summed E-state index contributed by atoms with van der Waals surface area (Å²) in [5.74, 6) is -0.317. The molecule has 0 radical (unpaired) electrons. The molecule has 1 N–H and O–H groups in total. The molecule has 5 rings (SSSR count). The minimum atomic E-state index is -1.13. The van der Waals surface area contributed by atoms with Crippen molar-refractivity contribution in [2.75, 3.05) is 20.3 Å². The van der Waals surface area contributed by atoms with E-state index >= 15 is 0 Å². The van der Waals surface area contributed by atoms with E-state index in [0.717, 1.165) is 43.2 Å². The number of benzene rings is 3. The number of allylic oxidation sites excluding steroid dienone is 2. The predicted molar refractivity (Wildman–Crippen MR) is 203 cm³/mol. The summed E-state index contributed by atoms with van der Waals surface area (Å²) in [6.45, 7) is 2.40. The number of hydrogen-bond acceptors (Lipinski definition) is 7. The Morgan fingerprint density at radius 2 is 1.53 bits per heavy atom. The highest BCUT2D eigenvalue weighted by atomic mass is 16.5. The first-order valence-corrected chi connectivity index (χ1v) is 18.8. The maximum Gasteiger partial charge on any atom is 0.343 e. The van der Waals surface area contributed by atoms with E-state index in [1.54, 1.807) is 67.8 Å². The van der Waals surface area contributed by atoms with Crippen LogP contribution in [0.3, 0.4) is 0 Å². The third-order valence-corrected chi connectivity index (χ3v) is 9.79. The van der Waals surface area contributed by atoms with Gasteiger partial charge in [-0.2, -0.15) is 0 Å². The Hall–Kier alpha value is -5.02. The Balaban J connectivity index is 1.14. The van der Waals surface area contributed by atoms with Crippen molar-refractivity contribution in [3.05, 3.63) is 119 Å². The minimum Gasteiger partial charge on any atom is -0.494 e. The summed E-state index contributed by atoms with van der Waals surface area (Å²) < 4.78 is 16.7. The molecule has 0 heterocycles. The Bertz CT molecular complexity index is 1740. The largest absolute Gasteiger partial charge is 0.494 e. The van der Waals surface area contributed by atoms with E-state index in [2.05, 4.69) is 13.0 Å². The highest BCUT2D eigenvalue weighted by Gasteiger charge is 2.34. The second-order valence-corrected chi connectivity index (χ2v) is 14.0. The third-order valence-electron chi connectivity index (χ3n) is 9.79. The fraction of sp³-hybridized carbons (Fsp3) is 0.409. The fourth-order valence-corrected chi connectivity index (χ4v) is 6.60. The van der Waals surface area contributed by atoms with E-state index in [9.17, 15) is 24.3 Å². The summed E-state index contributed by atoms with van der Waals surface area (Å²) in [4.78, 5) is 52.5. The number of amides is 1. The van der Waals surface area contributed by atoms with Crippen LogP contribution in [-0.4, -0.2) is 60.0 Å². The zero-order valence-corrected chi connectivity index (χ0v) is 30.8. The van der Waals surface area contributed by atoms with Gasteiger partial charge < -0.3 is 24.2 Å². The van der Waals surface area contributed by atoms with Gasteiger partial charge in [-0.15, -0.1) is 0 Å².